The first kappa shape index (κ1) is 8.34. The molecule has 0 atom stereocenters. The van der Waals surface area contributed by atoms with E-state index in [1.165, 1.54) is 5.56 Å². The fourth-order valence-corrected chi connectivity index (χ4v) is 1.74. The van der Waals surface area contributed by atoms with Crippen LogP contribution in [-0.2, 0) is 13.0 Å². The van der Waals surface area contributed by atoms with Crippen LogP contribution < -0.4 is 17.3 Å². The molecule has 4 nitrogen and oxygen atoms in total. The summed E-state index contributed by atoms with van der Waals surface area (Å²) in [6, 6.07) is 3.77. The van der Waals surface area contributed by atoms with Crippen LogP contribution in [0.25, 0.3) is 0 Å². The molecule has 6 N–H and O–H groups in total. The van der Waals surface area contributed by atoms with Crippen molar-refractivity contribution >= 4 is 11.4 Å². The lowest BCUT2D eigenvalue weighted by Crippen LogP contribution is -2.36. The maximum absolute atomic E-state index is 5.84. The molecule has 4 heteroatoms. The van der Waals surface area contributed by atoms with Gasteiger partial charge >= 0.3 is 0 Å². The third kappa shape index (κ3) is 1.46. The Morgan fingerprint density at radius 3 is 2.77 bits per heavy atom. The molecule has 1 aliphatic rings. The van der Waals surface area contributed by atoms with Crippen LogP contribution in [0.2, 0.25) is 0 Å². The Bertz CT molecular complexity index is 335. The first-order valence-corrected chi connectivity index (χ1v) is 4.33. The van der Waals surface area contributed by atoms with Crippen LogP contribution in [0.15, 0.2) is 12.1 Å². The van der Waals surface area contributed by atoms with Gasteiger partial charge in [-0.05, 0) is 29.7 Å². The highest BCUT2D eigenvalue weighted by atomic mass is 15.4. The second kappa shape index (κ2) is 2.90. The van der Waals surface area contributed by atoms with E-state index in [1.807, 2.05) is 6.07 Å². The minimum absolute atomic E-state index is 0.724. The molecule has 0 radical (unpaired) electrons. The van der Waals surface area contributed by atoms with Gasteiger partial charge in [0.15, 0.2) is 0 Å². The minimum Gasteiger partial charge on any atom is -0.399 e. The van der Waals surface area contributed by atoms with Crippen LogP contribution in [-0.4, -0.2) is 11.6 Å². The van der Waals surface area contributed by atoms with Crippen molar-refractivity contribution in [1.82, 2.24) is 5.01 Å². The second-order valence-electron chi connectivity index (χ2n) is 3.47. The van der Waals surface area contributed by atoms with E-state index in [0.717, 1.165) is 36.4 Å². The highest BCUT2D eigenvalue weighted by Crippen LogP contribution is 2.25. The molecular formula is C9H14N4. The molecule has 1 aromatic carbocycles. The normalized spacial score (nSPS) is 17.0. The monoisotopic (exact) mass is 178 g/mol. The van der Waals surface area contributed by atoms with Crippen LogP contribution in [0.3, 0.4) is 0 Å². The Hall–Kier alpha value is -1.26. The zero-order chi connectivity index (χ0) is 9.42. The molecule has 0 saturated heterocycles. The lowest BCUT2D eigenvalue weighted by atomic mass is 9.98. The van der Waals surface area contributed by atoms with E-state index < -0.39 is 0 Å². The van der Waals surface area contributed by atoms with Gasteiger partial charge in [-0.25, -0.2) is 5.01 Å². The standard InChI is InChI=1S/C9H14N4/c10-7-3-6-1-2-13(12)5-8(6)9(11)4-7/h3-4H,1-2,5,10-12H2. The molecule has 1 aromatic rings. The Labute approximate surface area is 77.3 Å². The molecule has 0 bridgehead atoms. The molecule has 0 amide bonds. The van der Waals surface area contributed by atoms with Gasteiger partial charge < -0.3 is 11.5 Å². The van der Waals surface area contributed by atoms with Crippen molar-refractivity contribution in [3.05, 3.63) is 23.3 Å². The number of nitrogens with two attached hydrogens (primary N) is 3. The maximum atomic E-state index is 5.84. The summed E-state index contributed by atoms with van der Waals surface area (Å²) in [5, 5.41) is 1.77. The second-order valence-corrected chi connectivity index (χ2v) is 3.47. The molecule has 1 aliphatic heterocycles. The van der Waals surface area contributed by atoms with Gasteiger partial charge in [0, 0.05) is 24.5 Å². The summed E-state index contributed by atoms with van der Waals surface area (Å²) in [6.45, 7) is 1.59. The maximum Gasteiger partial charge on any atom is 0.0402 e. The van der Waals surface area contributed by atoms with Gasteiger partial charge in [0.05, 0.1) is 0 Å². The fraction of sp³-hybridized carbons (Fsp3) is 0.333. The topological polar surface area (TPSA) is 81.3 Å². The van der Waals surface area contributed by atoms with Gasteiger partial charge in [-0.1, -0.05) is 0 Å². The average molecular weight is 178 g/mol. The van der Waals surface area contributed by atoms with E-state index in [2.05, 4.69) is 0 Å². The van der Waals surface area contributed by atoms with Gasteiger partial charge in [-0.15, -0.1) is 0 Å². The first-order valence-electron chi connectivity index (χ1n) is 4.33. The summed E-state index contributed by atoms with van der Waals surface area (Å²) in [5.41, 5.74) is 15.4. The van der Waals surface area contributed by atoms with Crippen LogP contribution in [0.5, 0.6) is 0 Å². The van der Waals surface area contributed by atoms with Crippen molar-refractivity contribution in [2.75, 3.05) is 18.0 Å². The lowest BCUT2D eigenvalue weighted by molar-refractivity contribution is 0.263. The number of rotatable bonds is 0. The number of fused-ring (bicyclic) bond motifs is 1. The number of nitrogen functional groups attached to an aromatic ring is 2. The largest absolute Gasteiger partial charge is 0.399 e. The molecule has 0 aromatic heterocycles. The van der Waals surface area contributed by atoms with Crippen LogP contribution in [0, 0.1) is 0 Å². The van der Waals surface area contributed by atoms with E-state index in [0.29, 0.717) is 0 Å². The average Bonchev–Trinajstić information content (AvgIpc) is 2.06. The summed E-state index contributed by atoms with van der Waals surface area (Å²) in [7, 11) is 0. The smallest absolute Gasteiger partial charge is 0.0402 e. The van der Waals surface area contributed by atoms with Crippen molar-refractivity contribution < 1.29 is 0 Å². The number of hydrogen-bond donors (Lipinski definition) is 3. The van der Waals surface area contributed by atoms with Crippen molar-refractivity contribution in [3.8, 4) is 0 Å². The van der Waals surface area contributed by atoms with Gasteiger partial charge in [0.1, 0.15) is 0 Å². The highest BCUT2D eigenvalue weighted by molar-refractivity contribution is 5.61. The third-order valence-corrected chi connectivity index (χ3v) is 2.43. The zero-order valence-electron chi connectivity index (χ0n) is 7.46. The van der Waals surface area contributed by atoms with Crippen molar-refractivity contribution in [2.45, 2.75) is 13.0 Å². The molecule has 1 heterocycles. The number of nitrogens with zero attached hydrogens (tertiary/aromatic N) is 1. The summed E-state index contributed by atoms with van der Waals surface area (Å²) in [6.07, 6.45) is 0.932. The first-order chi connectivity index (χ1) is 6.16. The van der Waals surface area contributed by atoms with Crippen LogP contribution in [0.1, 0.15) is 11.1 Å². The van der Waals surface area contributed by atoms with Crippen molar-refractivity contribution in [1.29, 1.82) is 0 Å². The Morgan fingerprint density at radius 1 is 1.23 bits per heavy atom. The molecule has 0 unspecified atom stereocenters. The van der Waals surface area contributed by atoms with Gasteiger partial charge in [-0.2, -0.15) is 0 Å². The molecule has 0 saturated carbocycles. The number of hydrogen-bond acceptors (Lipinski definition) is 4. The Kier molecular flexibility index (Phi) is 1.86. The summed E-state index contributed by atoms with van der Waals surface area (Å²) < 4.78 is 0. The molecule has 13 heavy (non-hydrogen) atoms. The van der Waals surface area contributed by atoms with E-state index >= 15 is 0 Å². The predicted molar refractivity (Wildman–Crippen MR) is 53.6 cm³/mol. The molecule has 0 fully saturated rings. The third-order valence-electron chi connectivity index (χ3n) is 2.43. The predicted octanol–water partition coefficient (Wildman–Crippen LogP) is 0.0828. The Morgan fingerprint density at radius 2 is 2.00 bits per heavy atom. The summed E-state index contributed by atoms with van der Waals surface area (Å²) >= 11 is 0. The number of hydrazine groups is 1. The molecule has 0 aliphatic carbocycles. The van der Waals surface area contributed by atoms with E-state index in [9.17, 15) is 0 Å². The Balaban J connectivity index is 2.47. The molecular weight excluding hydrogens is 164 g/mol. The number of benzene rings is 1. The SMILES string of the molecule is Nc1cc(N)c2c(c1)CCN(N)C2. The van der Waals surface area contributed by atoms with E-state index in [4.69, 9.17) is 17.3 Å². The summed E-state index contributed by atoms with van der Waals surface area (Å²) in [4.78, 5) is 0. The van der Waals surface area contributed by atoms with Crippen LogP contribution >= 0.6 is 0 Å². The van der Waals surface area contributed by atoms with Crippen molar-refractivity contribution in [3.63, 3.8) is 0 Å². The molecule has 70 valence electrons. The molecule has 2 rings (SSSR count). The zero-order valence-corrected chi connectivity index (χ0v) is 7.46. The van der Waals surface area contributed by atoms with Crippen molar-refractivity contribution in [2.24, 2.45) is 5.84 Å². The fourth-order valence-electron chi connectivity index (χ4n) is 1.74. The van der Waals surface area contributed by atoms with Gasteiger partial charge in [0.25, 0.3) is 0 Å². The van der Waals surface area contributed by atoms with Crippen LogP contribution in [0.4, 0.5) is 11.4 Å². The lowest BCUT2D eigenvalue weighted by Gasteiger charge is -2.25. The van der Waals surface area contributed by atoms with Gasteiger partial charge in [-0.3, -0.25) is 5.84 Å². The highest BCUT2D eigenvalue weighted by Gasteiger charge is 2.16. The molecule has 0 spiro atoms. The van der Waals surface area contributed by atoms with E-state index in [-0.39, 0.29) is 0 Å². The quantitative estimate of drug-likeness (QED) is 0.388. The van der Waals surface area contributed by atoms with Gasteiger partial charge in [0.2, 0.25) is 0 Å². The van der Waals surface area contributed by atoms with E-state index in [1.54, 1.807) is 11.1 Å². The summed E-state index contributed by atoms with van der Waals surface area (Å²) in [5.74, 6) is 5.70. The minimum atomic E-state index is 0.724. The number of anilines is 2.